The van der Waals surface area contributed by atoms with Crippen LogP contribution in [0.5, 0.6) is 0 Å². The summed E-state index contributed by atoms with van der Waals surface area (Å²) in [5.41, 5.74) is 0.320. The van der Waals surface area contributed by atoms with E-state index >= 15 is 0 Å². The highest BCUT2D eigenvalue weighted by Gasteiger charge is 2.30. The molecule has 0 saturated heterocycles. The topological polar surface area (TPSA) is 74.8 Å². The van der Waals surface area contributed by atoms with Crippen LogP contribution >= 0.6 is 69.6 Å². The van der Waals surface area contributed by atoms with E-state index in [9.17, 15) is 19.2 Å². The first-order valence-electron chi connectivity index (χ1n) is 8.42. The first-order valence-corrected chi connectivity index (χ1v) is 10.7. The molecule has 164 valence electrons. The number of nitrogens with zero attached hydrogens (tertiary/aromatic N) is 2. The van der Waals surface area contributed by atoms with E-state index in [4.69, 9.17) is 69.6 Å². The molecule has 0 unspecified atom stereocenters. The van der Waals surface area contributed by atoms with Crippen molar-refractivity contribution in [3.63, 3.8) is 0 Å². The molecule has 32 heavy (non-hydrogen) atoms. The third-order valence-electron chi connectivity index (χ3n) is 4.03. The molecule has 0 aromatic heterocycles. The lowest BCUT2D eigenvalue weighted by molar-refractivity contribution is -0.121. The molecule has 0 N–H and O–H groups in total. The van der Waals surface area contributed by atoms with E-state index in [1.807, 2.05) is 0 Å². The Morgan fingerprint density at radius 3 is 0.875 bits per heavy atom. The number of benzene rings is 2. The molecule has 0 saturated carbocycles. The van der Waals surface area contributed by atoms with E-state index in [2.05, 4.69) is 0 Å². The van der Waals surface area contributed by atoms with Gasteiger partial charge in [0, 0.05) is 34.3 Å². The van der Waals surface area contributed by atoms with E-state index in [1.165, 1.54) is 24.3 Å². The number of hydrogen-bond acceptors (Lipinski definition) is 4. The van der Waals surface area contributed by atoms with Gasteiger partial charge in [0.05, 0.1) is 31.5 Å². The molecule has 0 radical (unpaired) electrons. The van der Waals surface area contributed by atoms with Crippen molar-refractivity contribution in [3.05, 3.63) is 78.7 Å². The number of imide groups is 2. The zero-order valence-electron chi connectivity index (χ0n) is 15.4. The Hall–Kier alpha value is -2.06. The maximum absolute atomic E-state index is 11.4. The van der Waals surface area contributed by atoms with Crippen LogP contribution in [0.4, 0.5) is 11.4 Å². The number of halogens is 6. The summed E-state index contributed by atoms with van der Waals surface area (Å²) in [7, 11) is 0. The molecule has 0 bridgehead atoms. The first-order chi connectivity index (χ1) is 15.0. The lowest BCUT2D eigenvalue weighted by atomic mass is 10.3. The molecule has 0 atom stereocenters. The lowest BCUT2D eigenvalue weighted by Gasteiger charge is -2.17. The molecule has 2 aliphatic rings. The number of carbonyl (C=O) groups excluding carboxylic acids is 4. The molecule has 0 aliphatic carbocycles. The summed E-state index contributed by atoms with van der Waals surface area (Å²) >= 11 is 35.1. The lowest BCUT2D eigenvalue weighted by Crippen LogP contribution is -2.30. The van der Waals surface area contributed by atoms with Crippen LogP contribution in [0.1, 0.15) is 0 Å². The van der Waals surface area contributed by atoms with Crippen molar-refractivity contribution < 1.29 is 19.2 Å². The van der Waals surface area contributed by atoms with Crippen LogP contribution in [0.25, 0.3) is 0 Å². The number of amides is 4. The van der Waals surface area contributed by atoms with Crippen molar-refractivity contribution in [2.24, 2.45) is 0 Å². The summed E-state index contributed by atoms with van der Waals surface area (Å²) in [5, 5.41) is 1.30. The Kier molecular flexibility index (Phi) is 7.55. The number of hydrogen-bond donors (Lipinski definition) is 0. The molecular weight excluding hydrogens is 545 g/mol. The predicted molar refractivity (Wildman–Crippen MR) is 126 cm³/mol. The van der Waals surface area contributed by atoms with E-state index < -0.39 is 23.6 Å². The molecule has 4 rings (SSSR count). The van der Waals surface area contributed by atoms with Crippen LogP contribution in [0.3, 0.4) is 0 Å². The number of carbonyl (C=O) groups is 4. The van der Waals surface area contributed by atoms with Gasteiger partial charge in [-0.15, -0.1) is 0 Å². The van der Waals surface area contributed by atoms with Crippen LogP contribution in [0, 0.1) is 0 Å². The minimum Gasteiger partial charge on any atom is -0.269 e. The smallest absolute Gasteiger partial charge is 0.258 e. The van der Waals surface area contributed by atoms with E-state index in [0.29, 0.717) is 10.0 Å². The Labute approximate surface area is 211 Å². The van der Waals surface area contributed by atoms with Gasteiger partial charge < -0.3 is 0 Å². The third kappa shape index (κ3) is 4.96. The fourth-order valence-corrected chi connectivity index (χ4v) is 4.71. The third-order valence-corrected chi connectivity index (χ3v) is 5.62. The van der Waals surface area contributed by atoms with Crippen LogP contribution in [-0.2, 0) is 19.2 Å². The van der Waals surface area contributed by atoms with Gasteiger partial charge in [0.25, 0.3) is 23.6 Å². The van der Waals surface area contributed by atoms with Crippen molar-refractivity contribution in [2.45, 2.75) is 0 Å². The second kappa shape index (κ2) is 9.83. The van der Waals surface area contributed by atoms with Crippen molar-refractivity contribution in [3.8, 4) is 0 Å². The molecular formula is C20H8Cl6N2O4. The minimum absolute atomic E-state index is 0.155. The van der Waals surface area contributed by atoms with Gasteiger partial charge in [-0.25, -0.2) is 9.80 Å². The SMILES string of the molecule is O=C1C=CC(=O)N1c1c(Cl)cc(Cl)cc1Cl.O=C1C=CC(=O)N1c1c(Cl)cc(Cl)cc1Cl. The molecule has 0 spiro atoms. The van der Waals surface area contributed by atoms with Crippen molar-refractivity contribution in [2.75, 3.05) is 9.80 Å². The summed E-state index contributed by atoms with van der Waals surface area (Å²) in [6, 6.07) is 5.68. The predicted octanol–water partition coefficient (Wildman–Crippen LogP) is 6.15. The minimum atomic E-state index is -0.476. The van der Waals surface area contributed by atoms with Crippen LogP contribution in [0.15, 0.2) is 48.6 Å². The molecule has 6 nitrogen and oxygen atoms in total. The summed E-state index contributed by atoms with van der Waals surface area (Å²) < 4.78 is 0. The second-order valence-corrected chi connectivity index (χ2v) is 8.63. The largest absolute Gasteiger partial charge is 0.269 e. The molecule has 2 aromatic carbocycles. The maximum atomic E-state index is 11.4. The van der Waals surface area contributed by atoms with E-state index in [0.717, 1.165) is 34.1 Å². The average Bonchev–Trinajstić information content (AvgIpc) is 3.17. The van der Waals surface area contributed by atoms with Crippen molar-refractivity contribution in [1.29, 1.82) is 0 Å². The summed E-state index contributed by atoms with van der Waals surface area (Å²) in [6.45, 7) is 0. The monoisotopic (exact) mass is 550 g/mol. The van der Waals surface area contributed by atoms with Gasteiger partial charge in [-0.1, -0.05) is 69.6 Å². The van der Waals surface area contributed by atoms with Gasteiger partial charge >= 0.3 is 0 Å². The Balaban J connectivity index is 0.000000181. The quantitative estimate of drug-likeness (QED) is 0.419. The molecule has 12 heteroatoms. The fraction of sp³-hybridized carbons (Fsp3) is 0. The number of rotatable bonds is 2. The van der Waals surface area contributed by atoms with Gasteiger partial charge in [-0.2, -0.15) is 0 Å². The van der Waals surface area contributed by atoms with Crippen LogP contribution in [0.2, 0.25) is 30.1 Å². The molecule has 0 fully saturated rings. The zero-order valence-corrected chi connectivity index (χ0v) is 19.9. The maximum Gasteiger partial charge on any atom is 0.258 e. The van der Waals surface area contributed by atoms with E-state index in [1.54, 1.807) is 0 Å². The highest BCUT2D eigenvalue weighted by Crippen LogP contribution is 2.39. The summed E-state index contributed by atoms with van der Waals surface area (Å²) in [4.78, 5) is 47.6. The molecule has 2 aliphatic heterocycles. The Morgan fingerprint density at radius 1 is 0.438 bits per heavy atom. The molecule has 2 heterocycles. The fourth-order valence-electron chi connectivity index (χ4n) is 2.74. The van der Waals surface area contributed by atoms with Gasteiger partial charge in [-0.3, -0.25) is 19.2 Å². The summed E-state index contributed by atoms with van der Waals surface area (Å²) in [5.74, 6) is -1.90. The van der Waals surface area contributed by atoms with Crippen molar-refractivity contribution in [1.82, 2.24) is 0 Å². The van der Waals surface area contributed by atoms with Gasteiger partial charge in [0.15, 0.2) is 0 Å². The van der Waals surface area contributed by atoms with Crippen LogP contribution < -0.4 is 9.80 Å². The molecule has 4 amide bonds. The van der Waals surface area contributed by atoms with E-state index in [-0.39, 0.29) is 31.5 Å². The molecule has 2 aromatic rings. The second-order valence-electron chi connectivity index (χ2n) is 6.13. The van der Waals surface area contributed by atoms with Gasteiger partial charge in [0.1, 0.15) is 0 Å². The van der Waals surface area contributed by atoms with Gasteiger partial charge in [0.2, 0.25) is 0 Å². The first kappa shape index (κ1) is 24.6. The van der Waals surface area contributed by atoms with Crippen molar-refractivity contribution >= 4 is 105 Å². The zero-order chi connectivity index (χ0) is 23.7. The normalized spacial score (nSPS) is 15.1. The summed E-state index contributed by atoms with van der Waals surface area (Å²) in [6.07, 6.45) is 4.63. The Bertz CT molecular complexity index is 1060. The Morgan fingerprint density at radius 2 is 0.656 bits per heavy atom. The van der Waals surface area contributed by atoms with Gasteiger partial charge in [-0.05, 0) is 24.3 Å². The standard InChI is InChI=1S/2C10H4Cl3NO2/c2*11-5-3-6(12)10(7(13)4-5)14-8(15)1-2-9(14)16/h2*1-4H. The highest BCUT2D eigenvalue weighted by atomic mass is 35.5. The number of anilines is 2. The highest BCUT2D eigenvalue weighted by molar-refractivity contribution is 6.46. The van der Waals surface area contributed by atoms with Crippen LogP contribution in [-0.4, -0.2) is 23.6 Å². The average molecular weight is 553 g/mol.